The summed E-state index contributed by atoms with van der Waals surface area (Å²) in [4.78, 5) is 0. The standard InChI is InChI=1S/C14H19N3O2/c1-11-4-5-13(19-11)8-15-12-7-16-17(9-12)10-14-3-2-6-18-14/h4-5,7,9,14-15H,2-3,6,8,10H2,1H3. The molecule has 1 aliphatic heterocycles. The number of aryl methyl sites for hydroxylation is 1. The van der Waals surface area contributed by atoms with Crippen LogP contribution in [-0.2, 0) is 17.8 Å². The molecule has 1 atom stereocenters. The van der Waals surface area contributed by atoms with Gasteiger partial charge in [0.25, 0.3) is 0 Å². The maximum atomic E-state index is 5.60. The highest BCUT2D eigenvalue weighted by atomic mass is 16.5. The highest BCUT2D eigenvalue weighted by molar-refractivity contribution is 5.38. The lowest BCUT2D eigenvalue weighted by atomic mass is 10.2. The van der Waals surface area contributed by atoms with Gasteiger partial charge in [0.15, 0.2) is 0 Å². The van der Waals surface area contributed by atoms with Crippen molar-refractivity contribution in [2.24, 2.45) is 0 Å². The van der Waals surface area contributed by atoms with Crippen molar-refractivity contribution in [3.63, 3.8) is 0 Å². The molecule has 1 saturated heterocycles. The fourth-order valence-corrected chi connectivity index (χ4v) is 2.32. The molecule has 1 fully saturated rings. The number of nitrogens with one attached hydrogen (secondary N) is 1. The summed E-state index contributed by atoms with van der Waals surface area (Å²) in [5.41, 5.74) is 1.01. The molecule has 3 heterocycles. The van der Waals surface area contributed by atoms with Crippen molar-refractivity contribution in [1.29, 1.82) is 0 Å². The smallest absolute Gasteiger partial charge is 0.123 e. The Bertz CT molecular complexity index is 526. The Morgan fingerprint density at radius 1 is 1.47 bits per heavy atom. The van der Waals surface area contributed by atoms with Gasteiger partial charge in [-0.3, -0.25) is 4.68 Å². The first-order chi connectivity index (χ1) is 9.29. The van der Waals surface area contributed by atoms with Crippen LogP contribution in [0, 0.1) is 6.92 Å². The van der Waals surface area contributed by atoms with Crippen LogP contribution in [0.3, 0.4) is 0 Å². The predicted octanol–water partition coefficient (Wildman–Crippen LogP) is 2.58. The van der Waals surface area contributed by atoms with Crippen LogP contribution in [0.25, 0.3) is 0 Å². The number of aromatic nitrogens is 2. The van der Waals surface area contributed by atoms with Gasteiger partial charge in [0.2, 0.25) is 0 Å². The second-order valence-electron chi connectivity index (χ2n) is 4.95. The van der Waals surface area contributed by atoms with Crippen LogP contribution < -0.4 is 5.32 Å². The van der Waals surface area contributed by atoms with Gasteiger partial charge in [-0.05, 0) is 31.9 Å². The van der Waals surface area contributed by atoms with Crippen LogP contribution >= 0.6 is 0 Å². The topological polar surface area (TPSA) is 52.2 Å². The highest BCUT2D eigenvalue weighted by Gasteiger charge is 2.16. The van der Waals surface area contributed by atoms with E-state index >= 15 is 0 Å². The molecule has 0 saturated carbocycles. The molecular weight excluding hydrogens is 242 g/mol. The molecule has 3 rings (SSSR count). The second-order valence-corrected chi connectivity index (χ2v) is 4.95. The molecule has 0 bridgehead atoms. The minimum atomic E-state index is 0.320. The quantitative estimate of drug-likeness (QED) is 0.898. The van der Waals surface area contributed by atoms with Gasteiger partial charge in [0.1, 0.15) is 11.5 Å². The van der Waals surface area contributed by atoms with Crippen molar-refractivity contribution in [2.45, 2.75) is 39.0 Å². The average molecular weight is 261 g/mol. The first-order valence-corrected chi connectivity index (χ1v) is 6.73. The number of furan rings is 1. The minimum Gasteiger partial charge on any atom is -0.465 e. The molecule has 0 radical (unpaired) electrons. The molecule has 0 aromatic carbocycles. The summed E-state index contributed by atoms with van der Waals surface area (Å²) in [7, 11) is 0. The van der Waals surface area contributed by atoms with E-state index in [2.05, 4.69) is 10.4 Å². The normalized spacial score (nSPS) is 18.9. The maximum absolute atomic E-state index is 5.60. The van der Waals surface area contributed by atoms with Gasteiger partial charge in [-0.15, -0.1) is 0 Å². The molecule has 19 heavy (non-hydrogen) atoms. The van der Waals surface area contributed by atoms with Crippen molar-refractivity contribution < 1.29 is 9.15 Å². The van der Waals surface area contributed by atoms with E-state index in [1.54, 1.807) is 0 Å². The molecule has 0 amide bonds. The van der Waals surface area contributed by atoms with Crippen LogP contribution in [0.15, 0.2) is 28.9 Å². The summed E-state index contributed by atoms with van der Waals surface area (Å²) in [6, 6.07) is 3.96. The first kappa shape index (κ1) is 12.3. The summed E-state index contributed by atoms with van der Waals surface area (Å²) in [5.74, 6) is 1.87. The van der Waals surface area contributed by atoms with E-state index in [-0.39, 0.29) is 0 Å². The fourth-order valence-electron chi connectivity index (χ4n) is 2.32. The van der Waals surface area contributed by atoms with Crippen LogP contribution in [0.1, 0.15) is 24.4 Å². The zero-order valence-electron chi connectivity index (χ0n) is 11.1. The van der Waals surface area contributed by atoms with E-state index in [4.69, 9.17) is 9.15 Å². The van der Waals surface area contributed by atoms with Gasteiger partial charge in [-0.25, -0.2) is 0 Å². The third kappa shape index (κ3) is 3.17. The lowest BCUT2D eigenvalue weighted by Gasteiger charge is -2.08. The molecule has 1 unspecified atom stereocenters. The van der Waals surface area contributed by atoms with E-state index < -0.39 is 0 Å². The zero-order valence-corrected chi connectivity index (χ0v) is 11.1. The SMILES string of the molecule is Cc1ccc(CNc2cnn(CC3CCCO3)c2)o1. The van der Waals surface area contributed by atoms with Crippen molar-refractivity contribution >= 4 is 5.69 Å². The van der Waals surface area contributed by atoms with Crippen LogP contribution in [-0.4, -0.2) is 22.5 Å². The van der Waals surface area contributed by atoms with E-state index in [9.17, 15) is 0 Å². The summed E-state index contributed by atoms with van der Waals surface area (Å²) in [6.07, 6.45) is 6.46. The number of ether oxygens (including phenoxy) is 1. The molecule has 2 aromatic rings. The van der Waals surface area contributed by atoms with Crippen LogP contribution in [0.5, 0.6) is 0 Å². The molecule has 0 spiro atoms. The number of hydrogen-bond acceptors (Lipinski definition) is 4. The Labute approximate surface area is 112 Å². The Kier molecular flexibility index (Phi) is 3.55. The lowest BCUT2D eigenvalue weighted by molar-refractivity contribution is 0.0940. The van der Waals surface area contributed by atoms with Crippen molar-refractivity contribution in [3.8, 4) is 0 Å². The monoisotopic (exact) mass is 261 g/mol. The highest BCUT2D eigenvalue weighted by Crippen LogP contribution is 2.15. The van der Waals surface area contributed by atoms with Gasteiger partial charge in [0.05, 0.1) is 31.1 Å². The summed E-state index contributed by atoms with van der Waals surface area (Å²) in [5, 5.41) is 7.64. The van der Waals surface area contributed by atoms with E-state index in [1.807, 2.05) is 36.1 Å². The fraction of sp³-hybridized carbons (Fsp3) is 0.500. The Balaban J connectivity index is 1.52. The first-order valence-electron chi connectivity index (χ1n) is 6.73. The summed E-state index contributed by atoms with van der Waals surface area (Å²) < 4.78 is 13.0. The maximum Gasteiger partial charge on any atom is 0.123 e. The summed E-state index contributed by atoms with van der Waals surface area (Å²) >= 11 is 0. The molecule has 1 N–H and O–H groups in total. The molecule has 0 aliphatic carbocycles. The molecular formula is C14H19N3O2. The average Bonchev–Trinajstić information content (AvgIpc) is 3.10. The van der Waals surface area contributed by atoms with E-state index in [1.165, 1.54) is 0 Å². The van der Waals surface area contributed by atoms with Gasteiger partial charge in [-0.1, -0.05) is 0 Å². The largest absolute Gasteiger partial charge is 0.465 e. The van der Waals surface area contributed by atoms with Crippen molar-refractivity contribution in [2.75, 3.05) is 11.9 Å². The van der Waals surface area contributed by atoms with Crippen LogP contribution in [0.4, 0.5) is 5.69 Å². The number of nitrogens with zero attached hydrogens (tertiary/aromatic N) is 2. The Morgan fingerprint density at radius 3 is 3.16 bits per heavy atom. The molecule has 102 valence electrons. The second kappa shape index (κ2) is 5.48. The zero-order chi connectivity index (χ0) is 13.1. The minimum absolute atomic E-state index is 0.320. The molecule has 2 aromatic heterocycles. The molecule has 5 nitrogen and oxygen atoms in total. The van der Waals surface area contributed by atoms with Gasteiger partial charge in [-0.2, -0.15) is 5.10 Å². The molecule has 1 aliphatic rings. The van der Waals surface area contributed by atoms with Gasteiger partial charge < -0.3 is 14.5 Å². The van der Waals surface area contributed by atoms with Gasteiger partial charge >= 0.3 is 0 Å². The number of rotatable bonds is 5. The Hall–Kier alpha value is -1.75. The Morgan fingerprint density at radius 2 is 2.42 bits per heavy atom. The third-order valence-electron chi connectivity index (χ3n) is 3.31. The van der Waals surface area contributed by atoms with Gasteiger partial charge in [0, 0.05) is 12.8 Å². The van der Waals surface area contributed by atoms with Crippen LogP contribution in [0.2, 0.25) is 0 Å². The van der Waals surface area contributed by atoms with E-state index in [0.29, 0.717) is 12.6 Å². The van der Waals surface area contributed by atoms with Crippen molar-refractivity contribution in [1.82, 2.24) is 9.78 Å². The lowest BCUT2D eigenvalue weighted by Crippen LogP contribution is -2.15. The number of hydrogen-bond donors (Lipinski definition) is 1. The summed E-state index contributed by atoms with van der Waals surface area (Å²) in [6.45, 7) is 4.35. The number of anilines is 1. The molecule has 5 heteroatoms. The predicted molar refractivity (Wildman–Crippen MR) is 72.0 cm³/mol. The van der Waals surface area contributed by atoms with E-state index in [0.717, 1.165) is 43.2 Å². The van der Waals surface area contributed by atoms with Crippen molar-refractivity contribution in [3.05, 3.63) is 36.0 Å². The third-order valence-corrected chi connectivity index (χ3v) is 3.31.